The first-order valence-electron chi connectivity index (χ1n) is 8.50. The summed E-state index contributed by atoms with van der Waals surface area (Å²) < 4.78 is 0. The average Bonchev–Trinajstić information content (AvgIpc) is 2.48. The number of allylic oxidation sites excluding steroid dienone is 4. The van der Waals surface area contributed by atoms with Crippen LogP contribution in [-0.4, -0.2) is 0 Å². The molecule has 0 fully saturated rings. The van der Waals surface area contributed by atoms with Gasteiger partial charge in [-0.15, -0.1) is 0 Å². The Balaban J connectivity index is -0.00000000316. The second-order valence-corrected chi connectivity index (χ2v) is 4.00. The molecule has 0 amide bonds. The van der Waals surface area contributed by atoms with Crippen molar-refractivity contribution in [3.8, 4) is 0 Å². The van der Waals surface area contributed by atoms with Crippen LogP contribution in [0, 0.1) is 0 Å². The molecule has 0 aliphatic rings. The SMILES string of the molecule is C.C.C.C.C.C.C.C.C.C.C.C.C.C.C.C.CC.CC.CC.CC.CC(C)=C(C)C.CC(C)=C(C)C. The van der Waals surface area contributed by atoms with E-state index in [2.05, 4.69) is 55.4 Å². The van der Waals surface area contributed by atoms with Crippen LogP contribution in [0.15, 0.2) is 22.3 Å². The van der Waals surface area contributed by atoms with Crippen LogP contribution in [0.5, 0.6) is 0 Å². The third kappa shape index (κ3) is 631. The molecule has 0 heteroatoms. The van der Waals surface area contributed by atoms with Gasteiger partial charge in [-0.1, -0.05) is 197 Å². The molecule has 0 aliphatic carbocycles. The Morgan fingerprint density at radius 2 is 0.194 bits per heavy atom. The molecule has 0 aliphatic heterocycles. The van der Waals surface area contributed by atoms with E-state index in [1.54, 1.807) is 0 Å². The number of hydrogen-bond donors (Lipinski definition) is 0. The lowest BCUT2D eigenvalue weighted by molar-refractivity contribution is 1.23. The van der Waals surface area contributed by atoms with Gasteiger partial charge in [-0.3, -0.25) is 0 Å². The van der Waals surface area contributed by atoms with Gasteiger partial charge in [0.1, 0.15) is 0 Å². The van der Waals surface area contributed by atoms with E-state index in [1.165, 1.54) is 22.3 Å². The zero-order chi connectivity index (χ0) is 18.3. The molecular weight excluding hydrogens is 432 g/mol. The molecule has 0 spiro atoms. The van der Waals surface area contributed by atoms with Gasteiger partial charge in [0.15, 0.2) is 0 Å². The Labute approximate surface area is 251 Å². The summed E-state index contributed by atoms with van der Waals surface area (Å²) in [6.07, 6.45) is 0. The van der Waals surface area contributed by atoms with Crippen LogP contribution in [0.25, 0.3) is 0 Å². The summed E-state index contributed by atoms with van der Waals surface area (Å²) in [4.78, 5) is 0. The van der Waals surface area contributed by atoms with Crippen molar-refractivity contribution in [1.29, 1.82) is 0 Å². The fraction of sp³-hybridized carbons (Fsp3) is 0.889. The molecule has 0 rings (SSSR count). The highest BCUT2D eigenvalue weighted by Crippen LogP contribution is 1.97. The second kappa shape index (κ2) is 293. The van der Waals surface area contributed by atoms with Crippen LogP contribution in [0.4, 0.5) is 0 Å². The first kappa shape index (κ1) is 232. The molecule has 0 N–H and O–H groups in total. The molecule has 0 saturated heterocycles. The van der Waals surface area contributed by atoms with Gasteiger partial charge in [0.05, 0.1) is 0 Å². The predicted molar refractivity (Wildman–Crippen MR) is 213 cm³/mol. The smallest absolute Gasteiger partial charge is 0.0440 e. The third-order valence-corrected chi connectivity index (χ3v) is 2.00. The van der Waals surface area contributed by atoms with E-state index in [4.69, 9.17) is 0 Å². The lowest BCUT2D eigenvalue weighted by atomic mass is 10.2. The van der Waals surface area contributed by atoms with Gasteiger partial charge >= 0.3 is 0 Å². The van der Waals surface area contributed by atoms with Crippen molar-refractivity contribution in [2.24, 2.45) is 0 Å². The van der Waals surface area contributed by atoms with Crippen molar-refractivity contribution in [2.75, 3.05) is 0 Å². The second-order valence-electron chi connectivity index (χ2n) is 4.00. The van der Waals surface area contributed by atoms with Gasteiger partial charge in [-0.25, -0.2) is 0 Å². The molecule has 0 aromatic carbocycles. The summed E-state index contributed by atoms with van der Waals surface area (Å²) in [5.74, 6) is 0. The molecule has 0 bridgehead atoms. The normalized spacial score (nSPS) is 3.33. The van der Waals surface area contributed by atoms with Gasteiger partial charge < -0.3 is 0 Å². The summed E-state index contributed by atoms with van der Waals surface area (Å²) in [7, 11) is 0. The maximum Gasteiger partial charge on any atom is -0.0440 e. The molecule has 256 valence electrons. The fourth-order valence-electron chi connectivity index (χ4n) is 0. The Kier molecular flexibility index (Phi) is 1890. The molecule has 0 heterocycles. The third-order valence-electron chi connectivity index (χ3n) is 2.00. The first-order valence-corrected chi connectivity index (χ1v) is 8.50. The molecule has 0 aromatic heterocycles. The Morgan fingerprint density at radius 3 is 0.194 bits per heavy atom. The Bertz CT molecular complexity index is 122. The predicted octanol–water partition coefficient (Wildman–Crippen LogP) is 19.0. The highest BCUT2D eigenvalue weighted by atomic mass is 13.8. The van der Waals surface area contributed by atoms with E-state index in [1.807, 2.05) is 55.4 Å². The summed E-state index contributed by atoms with van der Waals surface area (Å²) in [5, 5.41) is 0. The molecule has 0 unspecified atom stereocenters. The summed E-state index contributed by atoms with van der Waals surface area (Å²) in [6.45, 7) is 33.0. The topological polar surface area (TPSA) is 0 Å². The molecule has 0 saturated carbocycles. The monoisotopic (exact) mass is 545 g/mol. The molecule has 0 atom stereocenters. The van der Waals surface area contributed by atoms with E-state index >= 15 is 0 Å². The van der Waals surface area contributed by atoms with Crippen molar-refractivity contribution < 1.29 is 0 Å². The van der Waals surface area contributed by atoms with Crippen LogP contribution in [0.3, 0.4) is 0 Å². The Morgan fingerprint density at radius 1 is 0.167 bits per heavy atom. The standard InChI is InChI=1S/2C6H12.4C2H6.16CH4/c2*1-5(2)6(3)4;4*1-2;;;;;;;;;;;;;;;;/h2*1-4H3;4*1-2H3;16*1H4. The molecule has 0 radical (unpaired) electrons. The van der Waals surface area contributed by atoms with Crippen LogP contribution in [0.2, 0.25) is 0 Å². The zero-order valence-corrected chi connectivity index (χ0v) is 18.0. The molecule has 36 heavy (non-hydrogen) atoms. The quantitative estimate of drug-likeness (QED) is 0.266. The molecule has 0 nitrogen and oxygen atoms in total. The van der Waals surface area contributed by atoms with Gasteiger partial charge in [0, 0.05) is 0 Å². The average molecular weight is 545 g/mol. The first-order chi connectivity index (χ1) is 9.29. The molecular formula is C36H112. The minimum absolute atomic E-state index is 0. The number of hydrogen-bond acceptors (Lipinski definition) is 0. The van der Waals surface area contributed by atoms with E-state index in [9.17, 15) is 0 Å². The summed E-state index contributed by atoms with van der Waals surface area (Å²) in [6, 6.07) is 0. The van der Waals surface area contributed by atoms with Gasteiger partial charge in [-0.2, -0.15) is 0 Å². The van der Waals surface area contributed by atoms with Crippen molar-refractivity contribution in [2.45, 2.75) is 230 Å². The van der Waals surface area contributed by atoms with E-state index in [0.717, 1.165) is 0 Å². The lowest BCUT2D eigenvalue weighted by Gasteiger charge is -1.88. The maximum atomic E-state index is 2.12. The van der Waals surface area contributed by atoms with E-state index < -0.39 is 0 Å². The highest BCUT2D eigenvalue weighted by Gasteiger charge is 1.75. The van der Waals surface area contributed by atoms with Crippen molar-refractivity contribution in [3.05, 3.63) is 22.3 Å². The lowest BCUT2D eigenvalue weighted by Crippen LogP contribution is -1.66. The van der Waals surface area contributed by atoms with Crippen molar-refractivity contribution >= 4 is 0 Å². The van der Waals surface area contributed by atoms with Crippen LogP contribution in [0.1, 0.15) is 230 Å². The Hall–Kier alpha value is -0.520. The van der Waals surface area contributed by atoms with Crippen LogP contribution in [-0.2, 0) is 0 Å². The van der Waals surface area contributed by atoms with Gasteiger partial charge in [0.25, 0.3) is 0 Å². The van der Waals surface area contributed by atoms with Crippen LogP contribution >= 0.6 is 0 Å². The number of rotatable bonds is 0. The van der Waals surface area contributed by atoms with E-state index in [0.29, 0.717) is 0 Å². The minimum atomic E-state index is 0. The maximum absolute atomic E-state index is 2.12. The minimum Gasteiger partial charge on any atom is -0.0778 e. The zero-order valence-electron chi connectivity index (χ0n) is 18.0. The summed E-state index contributed by atoms with van der Waals surface area (Å²) >= 11 is 0. The van der Waals surface area contributed by atoms with Crippen molar-refractivity contribution in [1.82, 2.24) is 0 Å². The van der Waals surface area contributed by atoms with Crippen molar-refractivity contribution in [3.63, 3.8) is 0 Å². The summed E-state index contributed by atoms with van der Waals surface area (Å²) in [5.41, 5.74) is 5.70. The van der Waals surface area contributed by atoms with Crippen LogP contribution < -0.4 is 0 Å². The van der Waals surface area contributed by atoms with E-state index in [-0.39, 0.29) is 119 Å². The molecule has 0 aromatic rings. The van der Waals surface area contributed by atoms with Gasteiger partial charge in [0.2, 0.25) is 0 Å². The van der Waals surface area contributed by atoms with Gasteiger partial charge in [-0.05, 0) is 55.4 Å². The highest BCUT2D eigenvalue weighted by molar-refractivity contribution is 5.02. The fourth-order valence-corrected chi connectivity index (χ4v) is 0. The largest absolute Gasteiger partial charge is 0.0778 e.